The van der Waals surface area contributed by atoms with Crippen molar-refractivity contribution in [3.05, 3.63) is 58.5 Å². The Morgan fingerprint density at radius 2 is 2.05 bits per heavy atom. The number of aliphatic hydroxyl groups is 1. The van der Waals surface area contributed by atoms with Crippen LogP contribution in [0.2, 0.25) is 5.22 Å². The van der Waals surface area contributed by atoms with E-state index >= 15 is 0 Å². The highest BCUT2D eigenvalue weighted by molar-refractivity contribution is 6.32. The zero-order chi connectivity index (χ0) is 14.4. The average Bonchev–Trinajstić information content (AvgIpc) is 2.90. The molecule has 0 aliphatic carbocycles. The monoisotopic (exact) mass is 289 g/mol. The molecule has 102 valence electrons. The van der Waals surface area contributed by atoms with Crippen molar-refractivity contribution in [2.24, 2.45) is 0 Å². The molecule has 2 N–H and O–H groups in total. The van der Waals surface area contributed by atoms with E-state index in [1.807, 2.05) is 24.3 Å². The molecule has 1 amide bonds. The quantitative estimate of drug-likeness (QED) is 0.852. The third kappa shape index (κ3) is 3.64. The van der Waals surface area contributed by atoms with E-state index in [1.54, 1.807) is 0 Å². The standard InChI is InChI=1S/C15H12ClNO3/c16-14-13(7-9-20-14)15(19)17-10-12-5-3-11(4-6-12)2-1-8-18/h3-7,9,18H,8,10H2,(H,17,19). The van der Waals surface area contributed by atoms with Crippen molar-refractivity contribution in [1.82, 2.24) is 5.32 Å². The van der Waals surface area contributed by atoms with Gasteiger partial charge >= 0.3 is 0 Å². The van der Waals surface area contributed by atoms with Crippen LogP contribution < -0.4 is 5.32 Å². The number of hydrogen-bond acceptors (Lipinski definition) is 3. The van der Waals surface area contributed by atoms with E-state index in [0.29, 0.717) is 12.1 Å². The highest BCUT2D eigenvalue weighted by Gasteiger charge is 2.12. The lowest BCUT2D eigenvalue weighted by molar-refractivity contribution is 0.0950. The van der Waals surface area contributed by atoms with Gasteiger partial charge in [-0.15, -0.1) is 0 Å². The first-order valence-corrected chi connectivity index (χ1v) is 6.28. The summed E-state index contributed by atoms with van der Waals surface area (Å²) in [6.45, 7) is 0.220. The number of hydrogen-bond donors (Lipinski definition) is 2. The fourth-order valence-electron chi connectivity index (χ4n) is 1.58. The predicted molar refractivity (Wildman–Crippen MR) is 75.3 cm³/mol. The topological polar surface area (TPSA) is 62.5 Å². The molecule has 2 rings (SSSR count). The Bertz CT molecular complexity index is 650. The van der Waals surface area contributed by atoms with Crippen LogP contribution >= 0.6 is 11.6 Å². The molecule has 1 heterocycles. The number of benzene rings is 1. The first-order valence-electron chi connectivity index (χ1n) is 5.90. The Labute approximate surface area is 121 Å². The minimum absolute atomic E-state index is 0.0807. The summed E-state index contributed by atoms with van der Waals surface area (Å²) in [5.41, 5.74) is 2.07. The Morgan fingerprint density at radius 1 is 1.30 bits per heavy atom. The van der Waals surface area contributed by atoms with Gasteiger partial charge in [-0.05, 0) is 35.4 Å². The van der Waals surface area contributed by atoms with Crippen molar-refractivity contribution in [1.29, 1.82) is 0 Å². The Hall–Kier alpha value is -2.22. The van der Waals surface area contributed by atoms with Crippen molar-refractivity contribution in [2.75, 3.05) is 6.61 Å². The normalized spacial score (nSPS) is 9.70. The molecule has 0 aliphatic heterocycles. The van der Waals surface area contributed by atoms with Gasteiger partial charge in [0.05, 0.1) is 11.8 Å². The molecule has 2 aromatic rings. The van der Waals surface area contributed by atoms with Crippen LogP contribution in [0.4, 0.5) is 0 Å². The van der Waals surface area contributed by atoms with E-state index in [-0.39, 0.29) is 17.7 Å². The highest BCUT2D eigenvalue weighted by Crippen LogP contribution is 2.16. The van der Waals surface area contributed by atoms with Gasteiger partial charge in [0, 0.05) is 12.1 Å². The molecule has 4 nitrogen and oxygen atoms in total. The van der Waals surface area contributed by atoms with Crippen molar-refractivity contribution in [3.8, 4) is 11.8 Å². The van der Waals surface area contributed by atoms with Gasteiger partial charge in [0.15, 0.2) is 0 Å². The summed E-state index contributed by atoms with van der Waals surface area (Å²) < 4.78 is 4.86. The Morgan fingerprint density at radius 3 is 2.65 bits per heavy atom. The number of amides is 1. The summed E-state index contributed by atoms with van der Waals surface area (Å²) in [5.74, 6) is 5.08. The van der Waals surface area contributed by atoms with Gasteiger partial charge < -0.3 is 14.8 Å². The fraction of sp³-hybridized carbons (Fsp3) is 0.133. The molecule has 1 aromatic heterocycles. The lowest BCUT2D eigenvalue weighted by Crippen LogP contribution is -2.22. The Balaban J connectivity index is 1.94. The summed E-state index contributed by atoms with van der Waals surface area (Å²) in [6.07, 6.45) is 1.37. The molecule has 0 bridgehead atoms. The number of carbonyl (C=O) groups is 1. The molecule has 0 unspecified atom stereocenters. The van der Waals surface area contributed by atoms with Crippen molar-refractivity contribution in [3.63, 3.8) is 0 Å². The molecule has 0 spiro atoms. The van der Waals surface area contributed by atoms with Crippen LogP contribution in [0.15, 0.2) is 41.0 Å². The number of furan rings is 1. The van der Waals surface area contributed by atoms with Gasteiger partial charge in [-0.3, -0.25) is 4.79 Å². The summed E-state index contributed by atoms with van der Waals surface area (Å²) in [6, 6.07) is 8.90. The SMILES string of the molecule is O=C(NCc1ccc(C#CCO)cc1)c1ccoc1Cl. The van der Waals surface area contributed by atoms with Crippen LogP contribution in [-0.4, -0.2) is 17.6 Å². The first kappa shape index (κ1) is 14.2. The van der Waals surface area contributed by atoms with Gasteiger partial charge in [-0.1, -0.05) is 24.0 Å². The molecule has 0 fully saturated rings. The maximum absolute atomic E-state index is 11.8. The second-order valence-corrected chi connectivity index (χ2v) is 4.29. The molecule has 0 saturated carbocycles. The lowest BCUT2D eigenvalue weighted by Gasteiger charge is -2.04. The van der Waals surface area contributed by atoms with Crippen LogP contribution in [0.25, 0.3) is 0 Å². The van der Waals surface area contributed by atoms with Crippen LogP contribution in [0, 0.1) is 11.8 Å². The summed E-state index contributed by atoms with van der Waals surface area (Å²) in [7, 11) is 0. The lowest BCUT2D eigenvalue weighted by atomic mass is 10.1. The van der Waals surface area contributed by atoms with Crippen LogP contribution in [0.1, 0.15) is 21.5 Å². The number of aliphatic hydroxyl groups excluding tert-OH is 1. The van der Waals surface area contributed by atoms with E-state index in [1.165, 1.54) is 12.3 Å². The maximum Gasteiger partial charge on any atom is 0.256 e. The number of rotatable bonds is 3. The Kier molecular flexibility index (Phi) is 4.83. The van der Waals surface area contributed by atoms with Gasteiger partial charge in [0.1, 0.15) is 6.61 Å². The molecular formula is C15H12ClNO3. The molecule has 0 radical (unpaired) electrons. The van der Waals surface area contributed by atoms with E-state index in [4.69, 9.17) is 21.1 Å². The van der Waals surface area contributed by atoms with Crippen LogP contribution in [-0.2, 0) is 6.54 Å². The van der Waals surface area contributed by atoms with Crippen molar-refractivity contribution in [2.45, 2.75) is 6.54 Å². The third-order valence-corrected chi connectivity index (χ3v) is 2.87. The van der Waals surface area contributed by atoms with Crippen molar-refractivity contribution < 1.29 is 14.3 Å². The molecule has 0 saturated heterocycles. The first-order chi connectivity index (χ1) is 9.70. The van der Waals surface area contributed by atoms with Crippen molar-refractivity contribution >= 4 is 17.5 Å². The summed E-state index contributed by atoms with van der Waals surface area (Å²) >= 11 is 5.72. The maximum atomic E-state index is 11.8. The minimum atomic E-state index is -0.284. The van der Waals surface area contributed by atoms with E-state index in [0.717, 1.165) is 11.1 Å². The zero-order valence-corrected chi connectivity index (χ0v) is 11.3. The van der Waals surface area contributed by atoms with E-state index < -0.39 is 0 Å². The van der Waals surface area contributed by atoms with Gasteiger partial charge in [-0.25, -0.2) is 0 Å². The molecule has 0 aliphatic rings. The van der Waals surface area contributed by atoms with Gasteiger partial charge in [0.2, 0.25) is 5.22 Å². The number of halogens is 1. The average molecular weight is 290 g/mol. The third-order valence-electron chi connectivity index (χ3n) is 2.58. The fourth-order valence-corrected chi connectivity index (χ4v) is 1.78. The minimum Gasteiger partial charge on any atom is -0.452 e. The molecular weight excluding hydrogens is 278 g/mol. The molecule has 0 atom stereocenters. The molecule has 5 heteroatoms. The van der Waals surface area contributed by atoms with E-state index in [2.05, 4.69) is 17.2 Å². The second kappa shape index (κ2) is 6.80. The molecule has 1 aromatic carbocycles. The van der Waals surface area contributed by atoms with Gasteiger partial charge in [-0.2, -0.15) is 0 Å². The number of nitrogens with one attached hydrogen (secondary N) is 1. The largest absolute Gasteiger partial charge is 0.452 e. The van der Waals surface area contributed by atoms with Crippen LogP contribution in [0.3, 0.4) is 0 Å². The van der Waals surface area contributed by atoms with E-state index in [9.17, 15) is 4.79 Å². The van der Waals surface area contributed by atoms with Gasteiger partial charge in [0.25, 0.3) is 5.91 Å². The molecule has 20 heavy (non-hydrogen) atoms. The second-order valence-electron chi connectivity index (χ2n) is 3.95. The van der Waals surface area contributed by atoms with Crippen LogP contribution in [0.5, 0.6) is 0 Å². The number of carbonyl (C=O) groups excluding carboxylic acids is 1. The summed E-state index contributed by atoms with van der Waals surface area (Å²) in [5, 5.41) is 11.4. The smallest absolute Gasteiger partial charge is 0.256 e. The highest BCUT2D eigenvalue weighted by atomic mass is 35.5. The predicted octanol–water partition coefficient (Wildman–Crippen LogP) is 2.21. The summed E-state index contributed by atoms with van der Waals surface area (Å²) in [4.78, 5) is 11.8. The zero-order valence-electron chi connectivity index (χ0n) is 10.5.